The van der Waals surface area contributed by atoms with Gasteiger partial charge in [-0.2, -0.15) is 0 Å². The number of amidine groups is 1. The molecule has 1 aliphatic rings. The van der Waals surface area contributed by atoms with E-state index >= 15 is 0 Å². The lowest BCUT2D eigenvalue weighted by atomic mass is 10.1. The van der Waals surface area contributed by atoms with Gasteiger partial charge >= 0.3 is 0 Å². The lowest BCUT2D eigenvalue weighted by Crippen LogP contribution is -2.31. The molecule has 4 N–H and O–H groups in total. The minimum Gasteiger partial charge on any atom is -0.360 e. The predicted molar refractivity (Wildman–Crippen MR) is 118 cm³/mol. The van der Waals surface area contributed by atoms with Gasteiger partial charge in [0.05, 0.1) is 24.1 Å². The number of carbonyl (C=O) groups is 1. The summed E-state index contributed by atoms with van der Waals surface area (Å²) in [5.74, 6) is 1.17. The van der Waals surface area contributed by atoms with Crippen molar-refractivity contribution in [2.75, 3.05) is 29.9 Å². The van der Waals surface area contributed by atoms with E-state index in [0.29, 0.717) is 35.9 Å². The average molecular weight is 409 g/mol. The first kappa shape index (κ1) is 21.4. The highest BCUT2D eigenvalue weighted by Crippen LogP contribution is 2.31. The summed E-state index contributed by atoms with van der Waals surface area (Å²) in [7, 11) is 1.92. The lowest BCUT2D eigenvalue weighted by Gasteiger charge is -2.20. The number of aromatic nitrogens is 2. The number of fused-ring (bicyclic) bond motifs is 1. The van der Waals surface area contributed by atoms with Gasteiger partial charge in [0.1, 0.15) is 17.3 Å². The summed E-state index contributed by atoms with van der Waals surface area (Å²) in [5, 5.41) is 15.9. The second-order valence-electron chi connectivity index (χ2n) is 7.11. The fraction of sp³-hybridized carbons (Fsp3) is 0.381. The van der Waals surface area contributed by atoms with Crippen molar-refractivity contribution < 1.29 is 4.79 Å². The van der Waals surface area contributed by atoms with Crippen LogP contribution in [-0.4, -0.2) is 53.1 Å². The molecule has 9 nitrogen and oxygen atoms in total. The quantitative estimate of drug-likeness (QED) is 0.454. The predicted octanol–water partition coefficient (Wildman–Crippen LogP) is 2.20. The molecule has 2 aromatic heterocycles. The zero-order chi connectivity index (χ0) is 21.8. The molecule has 0 saturated heterocycles. The highest BCUT2D eigenvalue weighted by atomic mass is 16.2. The molecule has 0 atom stereocenters. The summed E-state index contributed by atoms with van der Waals surface area (Å²) in [5.41, 5.74) is 8.46. The van der Waals surface area contributed by atoms with Gasteiger partial charge in [-0.05, 0) is 31.5 Å². The van der Waals surface area contributed by atoms with Crippen molar-refractivity contribution in [1.82, 2.24) is 14.9 Å². The SMILES string of the molecule is CCCN(C=N)C(=N)c1cccc(N2Cc3c(cc(N(C)CC)nc3CN)C2=O)n1. The lowest BCUT2D eigenvalue weighted by molar-refractivity contribution is 0.0996. The molecule has 0 saturated carbocycles. The zero-order valence-electron chi connectivity index (χ0n) is 17.6. The summed E-state index contributed by atoms with van der Waals surface area (Å²) in [4.78, 5) is 27.5. The van der Waals surface area contributed by atoms with Gasteiger partial charge in [-0.25, -0.2) is 9.97 Å². The largest absolute Gasteiger partial charge is 0.360 e. The second kappa shape index (κ2) is 9.00. The Hall–Kier alpha value is -3.33. The Morgan fingerprint density at radius 3 is 2.73 bits per heavy atom. The number of nitrogens with two attached hydrogens (primary N) is 1. The monoisotopic (exact) mass is 408 g/mol. The van der Waals surface area contributed by atoms with E-state index in [-0.39, 0.29) is 18.3 Å². The summed E-state index contributed by atoms with van der Waals surface area (Å²) >= 11 is 0. The first-order chi connectivity index (χ1) is 14.4. The van der Waals surface area contributed by atoms with Gasteiger partial charge in [0.2, 0.25) is 0 Å². The van der Waals surface area contributed by atoms with Crippen molar-refractivity contribution in [3.63, 3.8) is 0 Å². The van der Waals surface area contributed by atoms with Gasteiger partial charge < -0.3 is 15.5 Å². The van der Waals surface area contributed by atoms with E-state index in [1.165, 1.54) is 4.90 Å². The Balaban J connectivity index is 1.95. The summed E-state index contributed by atoms with van der Waals surface area (Å²) < 4.78 is 0. The van der Waals surface area contributed by atoms with E-state index in [4.69, 9.17) is 16.6 Å². The maximum atomic E-state index is 13.2. The van der Waals surface area contributed by atoms with E-state index < -0.39 is 0 Å². The smallest absolute Gasteiger partial charge is 0.260 e. The molecule has 30 heavy (non-hydrogen) atoms. The van der Waals surface area contributed by atoms with Crippen molar-refractivity contribution >= 4 is 29.7 Å². The molecule has 0 aromatic carbocycles. The van der Waals surface area contributed by atoms with Crippen LogP contribution in [0.1, 0.15) is 47.6 Å². The van der Waals surface area contributed by atoms with Crippen molar-refractivity contribution in [3.05, 3.63) is 46.8 Å². The number of anilines is 2. The maximum Gasteiger partial charge on any atom is 0.260 e. The number of amides is 1. The third-order valence-electron chi connectivity index (χ3n) is 5.21. The van der Waals surface area contributed by atoms with Gasteiger partial charge in [0.15, 0.2) is 5.84 Å². The molecule has 2 aromatic rings. The number of rotatable bonds is 8. The van der Waals surface area contributed by atoms with Crippen LogP contribution in [0.2, 0.25) is 0 Å². The van der Waals surface area contributed by atoms with Crippen LogP contribution < -0.4 is 15.5 Å². The van der Waals surface area contributed by atoms with Gasteiger partial charge in [-0.15, -0.1) is 0 Å². The minimum absolute atomic E-state index is 0.133. The van der Waals surface area contributed by atoms with Crippen LogP contribution in [0.5, 0.6) is 0 Å². The number of pyridine rings is 2. The van der Waals surface area contributed by atoms with E-state index in [1.807, 2.05) is 31.9 Å². The maximum absolute atomic E-state index is 13.2. The molecule has 3 heterocycles. The molecular weight excluding hydrogens is 380 g/mol. The van der Waals surface area contributed by atoms with E-state index in [0.717, 1.165) is 30.7 Å². The van der Waals surface area contributed by atoms with Crippen LogP contribution in [0.15, 0.2) is 24.3 Å². The molecule has 1 aliphatic heterocycles. The molecule has 0 spiro atoms. The molecule has 0 fully saturated rings. The Morgan fingerprint density at radius 2 is 2.10 bits per heavy atom. The molecular formula is C21H28N8O. The van der Waals surface area contributed by atoms with Crippen molar-refractivity contribution in [2.45, 2.75) is 33.4 Å². The molecule has 9 heteroatoms. The van der Waals surface area contributed by atoms with Crippen molar-refractivity contribution in [3.8, 4) is 0 Å². The van der Waals surface area contributed by atoms with Crippen molar-refractivity contribution in [1.29, 1.82) is 10.8 Å². The molecule has 0 aliphatic carbocycles. The Labute approximate surface area is 176 Å². The molecule has 0 radical (unpaired) electrons. The molecule has 0 unspecified atom stereocenters. The highest BCUT2D eigenvalue weighted by molar-refractivity contribution is 6.10. The first-order valence-electron chi connectivity index (χ1n) is 10.0. The Morgan fingerprint density at radius 1 is 1.33 bits per heavy atom. The van der Waals surface area contributed by atoms with Gasteiger partial charge in [0.25, 0.3) is 5.91 Å². The standard InChI is InChI=1S/C21H28N8O/c1-4-9-28(13-23)20(24)16-7-6-8-18(25-16)29-12-15-14(21(29)30)10-19(27(3)5-2)26-17(15)11-22/h6-8,10,13,23-24H,4-5,9,11-12,22H2,1-3H3. The van der Waals surface area contributed by atoms with E-state index in [1.54, 1.807) is 23.1 Å². The molecule has 3 rings (SSSR count). The third kappa shape index (κ3) is 3.88. The summed E-state index contributed by atoms with van der Waals surface area (Å²) in [6.45, 7) is 5.92. The molecule has 158 valence electrons. The minimum atomic E-state index is -0.151. The zero-order valence-corrected chi connectivity index (χ0v) is 17.6. The molecule has 1 amide bonds. The van der Waals surface area contributed by atoms with E-state index in [2.05, 4.69) is 9.97 Å². The fourth-order valence-corrected chi connectivity index (χ4v) is 3.40. The fourth-order valence-electron chi connectivity index (χ4n) is 3.40. The second-order valence-corrected chi connectivity index (χ2v) is 7.11. The van der Waals surface area contributed by atoms with Gasteiger partial charge in [-0.3, -0.25) is 20.5 Å². The number of nitrogens with zero attached hydrogens (tertiary/aromatic N) is 5. The summed E-state index contributed by atoms with van der Waals surface area (Å²) in [6, 6.07) is 7.05. The Kier molecular flexibility index (Phi) is 6.41. The first-order valence-corrected chi connectivity index (χ1v) is 10.0. The van der Waals surface area contributed by atoms with Gasteiger partial charge in [-0.1, -0.05) is 13.0 Å². The number of nitrogens with one attached hydrogen (secondary N) is 2. The van der Waals surface area contributed by atoms with Crippen LogP contribution in [0, 0.1) is 10.8 Å². The topological polar surface area (TPSA) is 126 Å². The van der Waals surface area contributed by atoms with Crippen LogP contribution in [0.3, 0.4) is 0 Å². The van der Waals surface area contributed by atoms with Crippen LogP contribution >= 0.6 is 0 Å². The van der Waals surface area contributed by atoms with Crippen LogP contribution in [0.25, 0.3) is 0 Å². The number of carbonyl (C=O) groups excluding carboxylic acids is 1. The highest BCUT2D eigenvalue weighted by Gasteiger charge is 2.33. The summed E-state index contributed by atoms with van der Waals surface area (Å²) in [6.07, 6.45) is 1.93. The molecule has 0 bridgehead atoms. The Bertz CT molecular complexity index is 973. The van der Waals surface area contributed by atoms with E-state index in [9.17, 15) is 4.79 Å². The number of hydrogen-bond donors (Lipinski definition) is 3. The van der Waals surface area contributed by atoms with Crippen molar-refractivity contribution in [2.24, 2.45) is 5.73 Å². The van der Waals surface area contributed by atoms with Crippen LogP contribution in [0.4, 0.5) is 11.6 Å². The number of hydrogen-bond acceptors (Lipinski definition) is 7. The normalized spacial score (nSPS) is 12.7. The van der Waals surface area contributed by atoms with Crippen LogP contribution in [-0.2, 0) is 13.1 Å². The third-order valence-corrected chi connectivity index (χ3v) is 5.21. The average Bonchev–Trinajstić information content (AvgIpc) is 3.12. The van der Waals surface area contributed by atoms with Gasteiger partial charge in [0, 0.05) is 32.2 Å².